The van der Waals surface area contributed by atoms with Crippen LogP contribution in [0.4, 0.5) is 0 Å². The summed E-state index contributed by atoms with van der Waals surface area (Å²) in [5.41, 5.74) is 3.02. The Morgan fingerprint density at radius 3 is 2.57 bits per heavy atom. The molecular weight excluding hydrogens is 170 g/mol. The first-order valence-electron chi connectivity index (χ1n) is 4.52. The maximum absolute atomic E-state index is 3.94. The second kappa shape index (κ2) is 5.07. The molecule has 1 N–H and O–H groups in total. The van der Waals surface area contributed by atoms with Gasteiger partial charge in [0.2, 0.25) is 0 Å². The van der Waals surface area contributed by atoms with E-state index in [1.807, 2.05) is 49.7 Å². The minimum absolute atomic E-state index is 0.935. The van der Waals surface area contributed by atoms with Crippen molar-refractivity contribution in [2.24, 2.45) is 0 Å². The Bertz CT molecular complexity index is 351. The van der Waals surface area contributed by atoms with Gasteiger partial charge in [-0.3, -0.25) is 0 Å². The topological polar surface area (TPSA) is 12.0 Å². The minimum Gasteiger partial charge on any atom is -0.368 e. The Morgan fingerprint density at radius 2 is 1.79 bits per heavy atom. The van der Waals surface area contributed by atoms with Gasteiger partial charge in [-0.1, -0.05) is 31.4 Å². The molecule has 0 atom stereocenters. The van der Waals surface area contributed by atoms with Gasteiger partial charge in [0.05, 0.1) is 0 Å². The minimum atomic E-state index is 0.935. The number of rotatable bonds is 0. The molecule has 1 aliphatic rings. The zero-order valence-electron chi connectivity index (χ0n) is 8.46. The van der Waals surface area contributed by atoms with Crippen molar-refractivity contribution < 1.29 is 0 Å². The summed E-state index contributed by atoms with van der Waals surface area (Å²) in [5.74, 6) is 0. The molecule has 1 heteroatoms. The van der Waals surface area contributed by atoms with E-state index in [2.05, 4.69) is 18.5 Å². The van der Waals surface area contributed by atoms with Crippen molar-refractivity contribution in [3.8, 4) is 0 Å². The summed E-state index contributed by atoms with van der Waals surface area (Å²) in [6, 6.07) is 0. The molecule has 0 bridgehead atoms. The van der Waals surface area contributed by atoms with E-state index in [1.165, 1.54) is 0 Å². The van der Waals surface area contributed by atoms with Crippen LogP contribution < -0.4 is 5.32 Å². The molecule has 0 saturated carbocycles. The molecule has 1 aliphatic heterocycles. The van der Waals surface area contributed by atoms with E-state index in [0.29, 0.717) is 0 Å². The summed E-state index contributed by atoms with van der Waals surface area (Å²) in [7, 11) is 0. The highest BCUT2D eigenvalue weighted by atomic mass is 14.8. The third kappa shape index (κ3) is 3.31. The molecule has 1 heterocycles. The van der Waals surface area contributed by atoms with Gasteiger partial charge >= 0.3 is 0 Å². The van der Waals surface area contributed by atoms with Crippen LogP contribution in [0.3, 0.4) is 0 Å². The van der Waals surface area contributed by atoms with E-state index < -0.39 is 0 Å². The van der Waals surface area contributed by atoms with Crippen LogP contribution in [0.1, 0.15) is 6.92 Å². The van der Waals surface area contributed by atoms with Gasteiger partial charge in [0, 0.05) is 12.4 Å². The fourth-order valence-corrected chi connectivity index (χ4v) is 1.04. The molecule has 0 amide bonds. The molecule has 0 saturated heterocycles. The monoisotopic (exact) mass is 185 g/mol. The van der Waals surface area contributed by atoms with E-state index >= 15 is 0 Å². The highest BCUT2D eigenvalue weighted by Crippen LogP contribution is 2.11. The van der Waals surface area contributed by atoms with Gasteiger partial charge in [-0.15, -0.1) is 0 Å². The molecule has 0 aliphatic carbocycles. The van der Waals surface area contributed by atoms with Crippen LogP contribution in [0.25, 0.3) is 0 Å². The molecular formula is C13H15N. The molecule has 14 heavy (non-hydrogen) atoms. The molecule has 72 valence electrons. The lowest BCUT2D eigenvalue weighted by atomic mass is 10.1. The Hall–Kier alpha value is -1.76. The molecule has 0 fully saturated rings. The smallest absolute Gasteiger partial charge is 0.000707 e. The predicted molar refractivity (Wildman–Crippen MR) is 62.6 cm³/mol. The van der Waals surface area contributed by atoms with Crippen molar-refractivity contribution in [2.75, 3.05) is 0 Å². The molecule has 0 radical (unpaired) electrons. The van der Waals surface area contributed by atoms with Crippen molar-refractivity contribution in [3.05, 3.63) is 72.7 Å². The largest absolute Gasteiger partial charge is 0.368 e. The Morgan fingerprint density at radius 1 is 1.00 bits per heavy atom. The summed E-state index contributed by atoms with van der Waals surface area (Å²) >= 11 is 0. The van der Waals surface area contributed by atoms with Crippen molar-refractivity contribution in [1.82, 2.24) is 5.32 Å². The zero-order valence-corrected chi connectivity index (χ0v) is 8.46. The fraction of sp³-hybridized carbons (Fsp3) is 0.0769. The molecule has 0 aromatic carbocycles. The average molecular weight is 185 g/mol. The summed E-state index contributed by atoms with van der Waals surface area (Å²) < 4.78 is 0. The van der Waals surface area contributed by atoms with Gasteiger partial charge in [-0.05, 0) is 35.8 Å². The van der Waals surface area contributed by atoms with E-state index in [0.717, 1.165) is 16.7 Å². The Balaban J connectivity index is 2.94. The Labute approximate surface area is 85.5 Å². The molecule has 1 rings (SSSR count). The number of nitrogens with one attached hydrogen (secondary N) is 1. The first kappa shape index (κ1) is 10.3. The lowest BCUT2D eigenvalue weighted by Gasteiger charge is -1.99. The second-order valence-corrected chi connectivity index (χ2v) is 3.16. The van der Waals surface area contributed by atoms with Crippen molar-refractivity contribution in [1.29, 1.82) is 0 Å². The predicted octanol–water partition coefficient (Wildman–Crippen LogP) is 3.23. The van der Waals surface area contributed by atoms with Gasteiger partial charge in [0.25, 0.3) is 0 Å². The van der Waals surface area contributed by atoms with Crippen LogP contribution in [-0.4, -0.2) is 0 Å². The summed E-state index contributed by atoms with van der Waals surface area (Å²) in [4.78, 5) is 0. The van der Waals surface area contributed by atoms with Crippen LogP contribution in [0, 0.1) is 0 Å². The quantitative estimate of drug-likeness (QED) is 0.611. The molecule has 0 aromatic rings. The third-order valence-corrected chi connectivity index (χ3v) is 1.86. The van der Waals surface area contributed by atoms with Crippen molar-refractivity contribution >= 4 is 0 Å². The standard InChI is InChI=1S/C13H15N/c1-11-7-9-14-8-5-4-6-12(2)13(3)10-11/h4-10,14H,2-3H2,1H3/b6-4-,8-5-,9-7-,11-10-. The summed E-state index contributed by atoms with van der Waals surface area (Å²) in [6.45, 7) is 9.90. The molecule has 0 aromatic heterocycles. The first-order chi connectivity index (χ1) is 6.70. The maximum atomic E-state index is 3.94. The van der Waals surface area contributed by atoms with E-state index in [4.69, 9.17) is 0 Å². The number of hydrogen-bond donors (Lipinski definition) is 1. The number of hydrogen-bond acceptors (Lipinski definition) is 1. The first-order valence-corrected chi connectivity index (χ1v) is 4.52. The average Bonchev–Trinajstić information content (AvgIpc) is 2.17. The van der Waals surface area contributed by atoms with Crippen LogP contribution >= 0.6 is 0 Å². The highest BCUT2D eigenvalue weighted by Gasteiger charge is 1.92. The van der Waals surface area contributed by atoms with Crippen molar-refractivity contribution in [2.45, 2.75) is 6.92 Å². The fourth-order valence-electron chi connectivity index (χ4n) is 1.04. The van der Waals surface area contributed by atoms with Gasteiger partial charge in [0.1, 0.15) is 0 Å². The summed E-state index contributed by atoms with van der Waals surface area (Å²) in [5, 5.41) is 3.03. The number of allylic oxidation sites excluding steroid dienone is 8. The van der Waals surface area contributed by atoms with E-state index in [-0.39, 0.29) is 0 Å². The van der Waals surface area contributed by atoms with E-state index in [1.54, 1.807) is 0 Å². The highest BCUT2D eigenvalue weighted by molar-refractivity contribution is 5.46. The lowest BCUT2D eigenvalue weighted by molar-refractivity contribution is 1.19. The normalized spacial score (nSPS) is 27.9. The van der Waals surface area contributed by atoms with Gasteiger partial charge in [0.15, 0.2) is 0 Å². The second-order valence-electron chi connectivity index (χ2n) is 3.16. The maximum Gasteiger partial charge on any atom is 0.000707 e. The van der Waals surface area contributed by atoms with Gasteiger partial charge in [-0.2, -0.15) is 0 Å². The van der Waals surface area contributed by atoms with Crippen LogP contribution in [0.15, 0.2) is 72.7 Å². The summed E-state index contributed by atoms with van der Waals surface area (Å²) in [6.07, 6.45) is 13.5. The SMILES string of the molecule is C=C1/C=C\C=C/N/C=C\C(C)=C/C1=C. The van der Waals surface area contributed by atoms with E-state index in [9.17, 15) is 0 Å². The van der Waals surface area contributed by atoms with Gasteiger partial charge in [-0.25, -0.2) is 0 Å². The third-order valence-electron chi connectivity index (χ3n) is 1.86. The van der Waals surface area contributed by atoms with Crippen LogP contribution in [0.5, 0.6) is 0 Å². The molecule has 1 nitrogen and oxygen atoms in total. The Kier molecular flexibility index (Phi) is 3.74. The zero-order chi connectivity index (χ0) is 10.4. The van der Waals surface area contributed by atoms with Crippen LogP contribution in [-0.2, 0) is 0 Å². The molecule has 0 spiro atoms. The molecule has 0 unspecified atom stereocenters. The lowest BCUT2D eigenvalue weighted by Crippen LogP contribution is -1.90. The van der Waals surface area contributed by atoms with Crippen LogP contribution in [0.2, 0.25) is 0 Å². The van der Waals surface area contributed by atoms with Crippen molar-refractivity contribution in [3.63, 3.8) is 0 Å². The van der Waals surface area contributed by atoms with Gasteiger partial charge < -0.3 is 5.32 Å².